The van der Waals surface area contributed by atoms with Crippen LogP contribution in [0.15, 0.2) is 12.1 Å². The Morgan fingerprint density at radius 3 is 2.30 bits per heavy atom. The van der Waals surface area contributed by atoms with Gasteiger partial charge in [0.15, 0.2) is 9.84 Å². The molecule has 0 aliphatic rings. The van der Waals surface area contributed by atoms with E-state index >= 15 is 0 Å². The van der Waals surface area contributed by atoms with Crippen LogP contribution in [0.1, 0.15) is 37.9 Å². The van der Waals surface area contributed by atoms with Crippen molar-refractivity contribution in [3.05, 3.63) is 34.9 Å². The standard InChI is InChI=1S/C14H21F2NO2S/c1-9-6-13(16)11(7-12(9)15)10(2)17-8-14(3,4)20(5,18)19/h6-7,10,17H,8H2,1-5H3. The maximum atomic E-state index is 13.8. The van der Waals surface area contributed by atoms with Crippen LogP contribution in [-0.4, -0.2) is 26.0 Å². The van der Waals surface area contributed by atoms with Crippen molar-refractivity contribution < 1.29 is 17.2 Å². The van der Waals surface area contributed by atoms with Crippen molar-refractivity contribution in [1.29, 1.82) is 0 Å². The molecule has 6 heteroatoms. The van der Waals surface area contributed by atoms with Gasteiger partial charge in [0.25, 0.3) is 0 Å². The molecule has 0 radical (unpaired) electrons. The molecule has 0 saturated heterocycles. The van der Waals surface area contributed by atoms with Gasteiger partial charge in [-0.2, -0.15) is 0 Å². The Morgan fingerprint density at radius 2 is 1.80 bits per heavy atom. The molecule has 1 N–H and O–H groups in total. The molecule has 1 atom stereocenters. The molecule has 0 aliphatic heterocycles. The van der Waals surface area contributed by atoms with Gasteiger partial charge in [0.2, 0.25) is 0 Å². The van der Waals surface area contributed by atoms with E-state index in [9.17, 15) is 17.2 Å². The molecule has 0 spiro atoms. The minimum absolute atomic E-state index is 0.155. The SMILES string of the molecule is Cc1cc(F)c(C(C)NCC(C)(C)S(C)(=O)=O)cc1F. The first kappa shape index (κ1) is 17.0. The quantitative estimate of drug-likeness (QED) is 0.910. The molecule has 0 aliphatic carbocycles. The molecule has 0 heterocycles. The van der Waals surface area contributed by atoms with Crippen LogP contribution in [0.5, 0.6) is 0 Å². The maximum absolute atomic E-state index is 13.8. The van der Waals surface area contributed by atoms with Gasteiger partial charge in [-0.15, -0.1) is 0 Å². The van der Waals surface area contributed by atoms with E-state index in [1.54, 1.807) is 20.8 Å². The third kappa shape index (κ3) is 3.76. The lowest BCUT2D eigenvalue weighted by Gasteiger charge is -2.25. The third-order valence-electron chi connectivity index (χ3n) is 3.58. The lowest BCUT2D eigenvalue weighted by molar-refractivity contribution is 0.472. The van der Waals surface area contributed by atoms with Crippen molar-refractivity contribution in [3.8, 4) is 0 Å². The molecule has 0 saturated carbocycles. The Kier molecular flexibility index (Phi) is 4.92. The number of rotatable bonds is 5. The minimum Gasteiger partial charge on any atom is -0.309 e. The van der Waals surface area contributed by atoms with Crippen molar-refractivity contribution in [1.82, 2.24) is 5.32 Å². The van der Waals surface area contributed by atoms with Gasteiger partial charge in [0.1, 0.15) is 11.6 Å². The summed E-state index contributed by atoms with van der Waals surface area (Å²) in [5, 5.41) is 2.95. The average Bonchev–Trinajstić information content (AvgIpc) is 2.29. The summed E-state index contributed by atoms with van der Waals surface area (Å²) in [6, 6.07) is 1.81. The van der Waals surface area contributed by atoms with Gasteiger partial charge < -0.3 is 5.32 Å². The fraction of sp³-hybridized carbons (Fsp3) is 0.571. The summed E-state index contributed by atoms with van der Waals surface area (Å²) in [5.74, 6) is -0.974. The van der Waals surface area contributed by atoms with Gasteiger partial charge in [-0.3, -0.25) is 0 Å². The largest absolute Gasteiger partial charge is 0.309 e. The van der Waals surface area contributed by atoms with Crippen molar-refractivity contribution in [2.24, 2.45) is 0 Å². The van der Waals surface area contributed by atoms with E-state index in [1.807, 2.05) is 0 Å². The predicted molar refractivity (Wildman–Crippen MR) is 76.4 cm³/mol. The molecule has 0 amide bonds. The molecule has 1 rings (SSSR count). The van der Waals surface area contributed by atoms with Crippen LogP contribution in [0.4, 0.5) is 8.78 Å². The number of sulfone groups is 1. The Morgan fingerprint density at radius 1 is 1.25 bits per heavy atom. The van der Waals surface area contributed by atoms with Crippen molar-refractivity contribution in [2.75, 3.05) is 12.8 Å². The van der Waals surface area contributed by atoms with Gasteiger partial charge in [0.05, 0.1) is 4.75 Å². The molecular weight excluding hydrogens is 284 g/mol. The highest BCUT2D eigenvalue weighted by Crippen LogP contribution is 2.22. The van der Waals surface area contributed by atoms with Gasteiger partial charge in [-0.25, -0.2) is 17.2 Å². The van der Waals surface area contributed by atoms with Crippen LogP contribution in [0, 0.1) is 18.6 Å². The summed E-state index contributed by atoms with van der Waals surface area (Å²) in [6.45, 7) is 6.50. The number of aryl methyl sites for hydroxylation is 1. The molecule has 1 unspecified atom stereocenters. The minimum atomic E-state index is -3.24. The molecule has 0 fully saturated rings. The van der Waals surface area contributed by atoms with E-state index < -0.39 is 32.3 Å². The lowest BCUT2D eigenvalue weighted by Crippen LogP contribution is -2.42. The van der Waals surface area contributed by atoms with Gasteiger partial charge in [0, 0.05) is 24.4 Å². The summed E-state index contributed by atoms with van der Waals surface area (Å²) < 4.78 is 49.5. The highest BCUT2D eigenvalue weighted by atomic mass is 32.2. The monoisotopic (exact) mass is 305 g/mol. The van der Waals surface area contributed by atoms with Crippen molar-refractivity contribution in [2.45, 2.75) is 38.5 Å². The summed E-state index contributed by atoms with van der Waals surface area (Å²) in [6.07, 6.45) is 1.16. The second-order valence-corrected chi connectivity index (χ2v) is 8.41. The van der Waals surface area contributed by atoms with Crippen LogP contribution in [0.25, 0.3) is 0 Å². The molecule has 114 valence electrons. The highest BCUT2D eigenvalue weighted by Gasteiger charge is 2.30. The number of nitrogens with one attached hydrogen (secondary N) is 1. The second-order valence-electron chi connectivity index (χ2n) is 5.76. The van der Waals surface area contributed by atoms with E-state index in [2.05, 4.69) is 5.32 Å². The number of halogens is 2. The first-order chi connectivity index (χ1) is 8.95. The van der Waals surface area contributed by atoms with E-state index in [0.717, 1.165) is 18.4 Å². The summed E-state index contributed by atoms with van der Waals surface area (Å²) in [5.41, 5.74) is 0.437. The fourth-order valence-electron chi connectivity index (χ4n) is 1.63. The average molecular weight is 305 g/mol. The van der Waals surface area contributed by atoms with E-state index in [1.165, 1.54) is 6.92 Å². The molecule has 0 bridgehead atoms. The van der Waals surface area contributed by atoms with Crippen molar-refractivity contribution >= 4 is 9.84 Å². The summed E-state index contributed by atoms with van der Waals surface area (Å²) >= 11 is 0. The van der Waals surface area contributed by atoms with Crippen LogP contribution in [0.2, 0.25) is 0 Å². The molecular formula is C14H21F2NO2S. The Bertz CT molecular complexity index is 597. The zero-order valence-electron chi connectivity index (χ0n) is 12.4. The predicted octanol–water partition coefficient (Wildman–Crippen LogP) is 2.75. The molecule has 0 aromatic heterocycles. The van der Waals surface area contributed by atoms with Crippen LogP contribution < -0.4 is 5.32 Å². The molecule has 1 aromatic carbocycles. The molecule has 3 nitrogen and oxygen atoms in total. The Labute approximate surface area is 119 Å². The first-order valence-corrected chi connectivity index (χ1v) is 8.23. The third-order valence-corrected chi connectivity index (χ3v) is 5.73. The second kappa shape index (κ2) is 5.77. The zero-order valence-corrected chi connectivity index (χ0v) is 13.2. The molecule has 20 heavy (non-hydrogen) atoms. The zero-order chi connectivity index (χ0) is 15.7. The summed E-state index contributed by atoms with van der Waals surface area (Å²) in [7, 11) is -3.24. The van der Waals surface area contributed by atoms with Gasteiger partial charge in [-0.05, 0) is 45.4 Å². The number of hydrogen-bond acceptors (Lipinski definition) is 3. The van der Waals surface area contributed by atoms with Crippen molar-refractivity contribution in [3.63, 3.8) is 0 Å². The van der Waals surface area contributed by atoms with E-state index in [0.29, 0.717) is 0 Å². The Balaban J connectivity index is 2.88. The first-order valence-electron chi connectivity index (χ1n) is 6.34. The fourth-order valence-corrected chi connectivity index (χ4v) is 1.98. The van der Waals surface area contributed by atoms with Gasteiger partial charge >= 0.3 is 0 Å². The lowest BCUT2D eigenvalue weighted by atomic mass is 10.0. The molecule has 1 aromatic rings. The number of benzene rings is 1. The highest BCUT2D eigenvalue weighted by molar-refractivity contribution is 7.92. The van der Waals surface area contributed by atoms with Crippen LogP contribution in [0.3, 0.4) is 0 Å². The van der Waals surface area contributed by atoms with E-state index in [-0.39, 0.29) is 17.7 Å². The topological polar surface area (TPSA) is 46.2 Å². The Hall–Kier alpha value is -1.01. The smallest absolute Gasteiger partial charge is 0.153 e. The van der Waals surface area contributed by atoms with Crippen LogP contribution in [-0.2, 0) is 9.84 Å². The summed E-state index contributed by atoms with van der Waals surface area (Å²) in [4.78, 5) is 0. The maximum Gasteiger partial charge on any atom is 0.153 e. The van der Waals surface area contributed by atoms with Gasteiger partial charge in [-0.1, -0.05) is 0 Å². The normalized spacial score (nSPS) is 14.3. The van der Waals surface area contributed by atoms with E-state index in [4.69, 9.17) is 0 Å². The number of hydrogen-bond donors (Lipinski definition) is 1. The van der Waals surface area contributed by atoms with Crippen LogP contribution >= 0.6 is 0 Å².